The first-order valence-corrected chi connectivity index (χ1v) is 6.80. The molecule has 0 aliphatic heterocycles. The molecule has 2 unspecified atom stereocenters. The lowest BCUT2D eigenvalue weighted by Gasteiger charge is -2.05. The van der Waals surface area contributed by atoms with Crippen molar-refractivity contribution in [2.24, 2.45) is 11.8 Å². The highest BCUT2D eigenvalue weighted by Gasteiger charge is 2.48. The van der Waals surface area contributed by atoms with Gasteiger partial charge < -0.3 is 15.7 Å². The fraction of sp³-hybridized carbons (Fsp3) is 0.417. The number of hydrogen-bond donors (Lipinski definition) is 3. The molecule has 0 saturated heterocycles. The fourth-order valence-corrected chi connectivity index (χ4v) is 2.39. The molecule has 6 nitrogen and oxygen atoms in total. The lowest BCUT2D eigenvalue weighted by molar-refractivity contribution is -0.140. The molecule has 102 valence electrons. The number of carbonyl (C=O) groups excluding carboxylic acids is 2. The van der Waals surface area contributed by atoms with Crippen molar-refractivity contribution in [3.05, 3.63) is 22.4 Å². The molecule has 1 aromatic heterocycles. The standard InChI is InChI=1S/C12H14N2O4S/c15-10(7-6-8(7)12(17)18)13-3-4-14-11(16)9-2-1-5-19-9/h1-2,5,7-8H,3-4,6H2,(H,13,15)(H,14,16)(H,17,18). The molecule has 1 fully saturated rings. The van der Waals surface area contributed by atoms with Crippen LogP contribution < -0.4 is 10.6 Å². The number of carboxylic acids is 1. The van der Waals surface area contributed by atoms with Crippen LogP contribution in [0.2, 0.25) is 0 Å². The van der Waals surface area contributed by atoms with E-state index in [1.54, 1.807) is 12.1 Å². The van der Waals surface area contributed by atoms with Gasteiger partial charge in [-0.05, 0) is 17.9 Å². The molecule has 1 saturated carbocycles. The summed E-state index contributed by atoms with van der Waals surface area (Å²) < 4.78 is 0. The van der Waals surface area contributed by atoms with E-state index in [-0.39, 0.29) is 11.8 Å². The van der Waals surface area contributed by atoms with Gasteiger partial charge in [-0.2, -0.15) is 0 Å². The van der Waals surface area contributed by atoms with Crippen molar-refractivity contribution >= 4 is 29.1 Å². The van der Waals surface area contributed by atoms with E-state index in [4.69, 9.17) is 5.11 Å². The molecule has 0 spiro atoms. The summed E-state index contributed by atoms with van der Waals surface area (Å²) in [6.07, 6.45) is 0.405. The van der Waals surface area contributed by atoms with Crippen molar-refractivity contribution in [3.8, 4) is 0 Å². The molecule has 1 aliphatic rings. The van der Waals surface area contributed by atoms with Crippen molar-refractivity contribution in [1.29, 1.82) is 0 Å². The van der Waals surface area contributed by atoms with Crippen LogP contribution in [-0.2, 0) is 9.59 Å². The van der Waals surface area contributed by atoms with Crippen LogP contribution in [-0.4, -0.2) is 36.0 Å². The van der Waals surface area contributed by atoms with Gasteiger partial charge in [-0.1, -0.05) is 6.07 Å². The van der Waals surface area contributed by atoms with E-state index in [0.29, 0.717) is 24.4 Å². The van der Waals surface area contributed by atoms with Crippen molar-refractivity contribution in [3.63, 3.8) is 0 Å². The van der Waals surface area contributed by atoms with Gasteiger partial charge >= 0.3 is 5.97 Å². The van der Waals surface area contributed by atoms with Gasteiger partial charge in [0, 0.05) is 13.1 Å². The molecule has 0 bridgehead atoms. The largest absolute Gasteiger partial charge is 0.481 e. The molecule has 7 heteroatoms. The Balaban J connectivity index is 1.61. The van der Waals surface area contributed by atoms with Crippen molar-refractivity contribution in [1.82, 2.24) is 10.6 Å². The Morgan fingerprint density at radius 2 is 2.00 bits per heavy atom. The Morgan fingerprint density at radius 3 is 2.58 bits per heavy atom. The van der Waals surface area contributed by atoms with Crippen LogP contribution in [0.15, 0.2) is 17.5 Å². The van der Waals surface area contributed by atoms with Crippen LogP contribution in [0.1, 0.15) is 16.1 Å². The zero-order valence-electron chi connectivity index (χ0n) is 10.1. The highest BCUT2D eigenvalue weighted by molar-refractivity contribution is 7.12. The zero-order valence-corrected chi connectivity index (χ0v) is 10.9. The first kappa shape index (κ1) is 13.5. The smallest absolute Gasteiger partial charge is 0.307 e. The molecular formula is C12H14N2O4S. The summed E-state index contributed by atoms with van der Waals surface area (Å²) in [5, 5.41) is 15.8. The second-order valence-corrected chi connectivity index (χ2v) is 5.26. The number of thiophene rings is 1. The highest BCUT2D eigenvalue weighted by atomic mass is 32.1. The summed E-state index contributed by atoms with van der Waals surface area (Å²) >= 11 is 1.35. The second-order valence-electron chi connectivity index (χ2n) is 4.31. The number of carbonyl (C=O) groups is 3. The van der Waals surface area contributed by atoms with E-state index < -0.39 is 17.8 Å². The first-order chi connectivity index (χ1) is 9.09. The van der Waals surface area contributed by atoms with Crippen molar-refractivity contribution in [2.75, 3.05) is 13.1 Å². The van der Waals surface area contributed by atoms with E-state index in [2.05, 4.69) is 10.6 Å². The van der Waals surface area contributed by atoms with Crippen LogP contribution in [0, 0.1) is 11.8 Å². The summed E-state index contributed by atoms with van der Waals surface area (Å²) in [5.41, 5.74) is 0. The zero-order chi connectivity index (χ0) is 13.8. The maximum Gasteiger partial charge on any atom is 0.307 e. The minimum Gasteiger partial charge on any atom is -0.481 e. The summed E-state index contributed by atoms with van der Waals surface area (Å²) in [7, 11) is 0. The Bertz CT molecular complexity index is 486. The third kappa shape index (κ3) is 3.54. The molecule has 0 aromatic carbocycles. The minimum absolute atomic E-state index is 0.168. The van der Waals surface area contributed by atoms with Gasteiger partial charge in [-0.25, -0.2) is 0 Å². The number of rotatable bonds is 6. The Morgan fingerprint density at radius 1 is 1.26 bits per heavy atom. The van der Waals surface area contributed by atoms with Crippen LogP contribution >= 0.6 is 11.3 Å². The van der Waals surface area contributed by atoms with Crippen LogP contribution in [0.3, 0.4) is 0 Å². The van der Waals surface area contributed by atoms with Gasteiger partial charge in [0.05, 0.1) is 16.7 Å². The van der Waals surface area contributed by atoms with Crippen LogP contribution in [0.4, 0.5) is 0 Å². The quantitative estimate of drug-likeness (QED) is 0.655. The Labute approximate surface area is 113 Å². The predicted octanol–water partition coefficient (Wildman–Crippen LogP) is 0.315. The molecular weight excluding hydrogens is 268 g/mol. The maximum absolute atomic E-state index is 11.5. The molecule has 2 amide bonds. The van der Waals surface area contributed by atoms with Gasteiger partial charge in [0.1, 0.15) is 0 Å². The topological polar surface area (TPSA) is 95.5 Å². The fourth-order valence-electron chi connectivity index (χ4n) is 1.75. The SMILES string of the molecule is O=C(NCCNC(=O)C1CC1C(=O)O)c1cccs1. The predicted molar refractivity (Wildman–Crippen MR) is 68.9 cm³/mol. The Hall–Kier alpha value is -1.89. The lowest BCUT2D eigenvalue weighted by Crippen LogP contribution is -2.35. The molecule has 3 N–H and O–H groups in total. The average molecular weight is 282 g/mol. The third-order valence-corrected chi connectivity index (χ3v) is 3.77. The monoisotopic (exact) mass is 282 g/mol. The van der Waals surface area contributed by atoms with Gasteiger partial charge in [0.2, 0.25) is 5.91 Å². The van der Waals surface area contributed by atoms with E-state index in [1.165, 1.54) is 11.3 Å². The molecule has 0 radical (unpaired) electrons. The number of nitrogens with one attached hydrogen (secondary N) is 2. The van der Waals surface area contributed by atoms with Crippen LogP contribution in [0.5, 0.6) is 0 Å². The van der Waals surface area contributed by atoms with E-state index in [1.807, 2.05) is 5.38 Å². The highest BCUT2D eigenvalue weighted by Crippen LogP contribution is 2.38. The molecule has 1 aromatic rings. The normalized spacial score (nSPS) is 20.6. The number of hydrogen-bond acceptors (Lipinski definition) is 4. The molecule has 19 heavy (non-hydrogen) atoms. The lowest BCUT2D eigenvalue weighted by atomic mass is 10.3. The summed E-state index contributed by atoms with van der Waals surface area (Å²) in [6, 6.07) is 3.51. The second kappa shape index (κ2) is 5.83. The summed E-state index contributed by atoms with van der Waals surface area (Å²) in [5.74, 6) is -2.30. The van der Waals surface area contributed by atoms with Crippen molar-refractivity contribution < 1.29 is 19.5 Å². The van der Waals surface area contributed by atoms with Gasteiger partial charge in [-0.15, -0.1) is 11.3 Å². The minimum atomic E-state index is -0.925. The summed E-state index contributed by atoms with van der Waals surface area (Å²) in [6.45, 7) is 0.631. The molecule has 2 rings (SSSR count). The van der Waals surface area contributed by atoms with E-state index in [0.717, 1.165) is 0 Å². The van der Waals surface area contributed by atoms with E-state index in [9.17, 15) is 14.4 Å². The van der Waals surface area contributed by atoms with Crippen LogP contribution in [0.25, 0.3) is 0 Å². The van der Waals surface area contributed by atoms with Gasteiger partial charge in [0.15, 0.2) is 0 Å². The Kier molecular flexibility index (Phi) is 4.16. The number of aliphatic carboxylic acids is 1. The maximum atomic E-state index is 11.5. The molecule has 1 aliphatic carbocycles. The van der Waals surface area contributed by atoms with E-state index >= 15 is 0 Å². The average Bonchev–Trinajstić information content (AvgIpc) is 3.01. The number of amides is 2. The van der Waals surface area contributed by atoms with Gasteiger partial charge in [-0.3, -0.25) is 14.4 Å². The molecule has 1 heterocycles. The van der Waals surface area contributed by atoms with Gasteiger partial charge in [0.25, 0.3) is 5.91 Å². The third-order valence-electron chi connectivity index (χ3n) is 2.90. The van der Waals surface area contributed by atoms with Crippen molar-refractivity contribution in [2.45, 2.75) is 6.42 Å². The molecule has 2 atom stereocenters. The first-order valence-electron chi connectivity index (χ1n) is 5.92. The summed E-state index contributed by atoms with van der Waals surface area (Å²) in [4.78, 5) is 34.3. The number of carboxylic acid groups (broad SMARTS) is 1.